The SMILES string of the molecule is CC1CCN(c2nc(-c3cccc(CO)c3)ccc2C(=O)NS(=O)(=O)c2cccnc2N)C1(C)C. The molecule has 1 saturated heterocycles. The van der Waals surface area contributed by atoms with Crippen LogP contribution in [0.3, 0.4) is 0 Å². The fraction of sp³-hybridized carbons (Fsp3) is 0.320. The van der Waals surface area contributed by atoms with Gasteiger partial charge in [-0.2, -0.15) is 0 Å². The third-order valence-electron chi connectivity index (χ3n) is 6.78. The summed E-state index contributed by atoms with van der Waals surface area (Å²) >= 11 is 0. The molecule has 3 heterocycles. The van der Waals surface area contributed by atoms with Gasteiger partial charge in [0.15, 0.2) is 0 Å². The largest absolute Gasteiger partial charge is 0.392 e. The number of aliphatic hydroxyl groups excluding tert-OH is 1. The summed E-state index contributed by atoms with van der Waals surface area (Å²) in [6, 6.07) is 13.3. The van der Waals surface area contributed by atoms with E-state index in [0.717, 1.165) is 17.5 Å². The van der Waals surface area contributed by atoms with E-state index in [0.29, 0.717) is 24.0 Å². The van der Waals surface area contributed by atoms with Crippen LogP contribution in [0.2, 0.25) is 0 Å². The van der Waals surface area contributed by atoms with Crippen LogP contribution in [0.5, 0.6) is 0 Å². The molecule has 1 fully saturated rings. The summed E-state index contributed by atoms with van der Waals surface area (Å²) < 4.78 is 27.9. The number of nitrogen functional groups attached to an aromatic ring is 1. The first kappa shape index (κ1) is 24.6. The number of nitrogens with two attached hydrogens (primary N) is 1. The van der Waals surface area contributed by atoms with Crippen molar-refractivity contribution in [3.63, 3.8) is 0 Å². The maximum Gasteiger partial charge on any atom is 0.268 e. The summed E-state index contributed by atoms with van der Waals surface area (Å²) in [6.45, 7) is 6.88. The summed E-state index contributed by atoms with van der Waals surface area (Å²) in [6.07, 6.45) is 2.28. The topological polar surface area (TPSA) is 139 Å². The van der Waals surface area contributed by atoms with Gasteiger partial charge in [0.1, 0.15) is 16.5 Å². The Labute approximate surface area is 205 Å². The number of nitrogens with zero attached hydrogens (tertiary/aromatic N) is 3. The zero-order chi connectivity index (χ0) is 25.4. The molecular formula is C25H29N5O4S. The molecule has 3 aromatic rings. The lowest BCUT2D eigenvalue weighted by molar-refractivity contribution is 0.0981. The number of pyridine rings is 2. The van der Waals surface area contributed by atoms with E-state index < -0.39 is 15.9 Å². The highest BCUT2D eigenvalue weighted by Gasteiger charge is 2.41. The van der Waals surface area contributed by atoms with Crippen molar-refractivity contribution in [2.24, 2.45) is 5.92 Å². The summed E-state index contributed by atoms with van der Waals surface area (Å²) in [7, 11) is -4.25. The minimum absolute atomic E-state index is 0.104. The standard InChI is InChI=1S/C25H29N5O4S/c1-16-11-13-30(25(16,2)3)23-19(9-10-20(28-23)18-7-4-6-17(14-18)15-31)24(32)29-35(33,34)21-8-5-12-27-22(21)26/h4-10,12,14,16,31H,11,13,15H2,1-3H3,(H2,26,27)(H,29,32). The molecular weight excluding hydrogens is 466 g/mol. The Balaban J connectivity index is 1.79. The van der Waals surface area contributed by atoms with Gasteiger partial charge in [0, 0.05) is 23.8 Å². The molecule has 0 radical (unpaired) electrons. The van der Waals surface area contributed by atoms with Crippen molar-refractivity contribution in [3.05, 3.63) is 65.9 Å². The van der Waals surface area contributed by atoms with Gasteiger partial charge in [0.05, 0.1) is 17.9 Å². The summed E-state index contributed by atoms with van der Waals surface area (Å²) in [5, 5.41) is 9.52. The third-order valence-corrected chi connectivity index (χ3v) is 8.16. The zero-order valence-corrected chi connectivity index (χ0v) is 20.7. The van der Waals surface area contributed by atoms with Crippen LogP contribution >= 0.6 is 0 Å². The lowest BCUT2D eigenvalue weighted by atomic mass is 9.90. The number of sulfonamides is 1. The quantitative estimate of drug-likeness (QED) is 0.474. The number of hydrogen-bond acceptors (Lipinski definition) is 8. The van der Waals surface area contributed by atoms with Gasteiger partial charge in [0.2, 0.25) is 0 Å². The minimum Gasteiger partial charge on any atom is -0.392 e. The molecule has 0 bridgehead atoms. The van der Waals surface area contributed by atoms with E-state index in [1.165, 1.54) is 18.3 Å². The monoisotopic (exact) mass is 495 g/mol. The first-order chi connectivity index (χ1) is 16.5. The molecule has 4 N–H and O–H groups in total. The van der Waals surface area contributed by atoms with Crippen LogP contribution in [0.1, 0.15) is 43.1 Å². The van der Waals surface area contributed by atoms with Crippen molar-refractivity contribution >= 4 is 27.6 Å². The highest BCUT2D eigenvalue weighted by molar-refractivity contribution is 7.90. The number of carbonyl (C=O) groups is 1. The summed E-state index contributed by atoms with van der Waals surface area (Å²) in [5.41, 5.74) is 7.70. The van der Waals surface area contributed by atoms with Crippen LogP contribution in [-0.2, 0) is 16.6 Å². The fourth-order valence-corrected chi connectivity index (χ4v) is 5.34. The molecule has 2 aromatic heterocycles. The number of amides is 1. The zero-order valence-electron chi connectivity index (χ0n) is 19.9. The predicted molar refractivity (Wildman–Crippen MR) is 134 cm³/mol. The Bertz CT molecular complexity index is 1370. The van der Waals surface area contributed by atoms with E-state index in [4.69, 9.17) is 10.7 Å². The van der Waals surface area contributed by atoms with Crippen molar-refractivity contribution < 1.29 is 18.3 Å². The number of anilines is 2. The molecule has 9 nitrogen and oxygen atoms in total. The van der Waals surface area contributed by atoms with Crippen molar-refractivity contribution in [2.45, 2.75) is 44.2 Å². The van der Waals surface area contributed by atoms with Crippen LogP contribution in [0.15, 0.2) is 59.6 Å². The first-order valence-corrected chi connectivity index (χ1v) is 12.8. The number of aliphatic hydroxyl groups is 1. The highest BCUT2D eigenvalue weighted by Crippen LogP contribution is 2.39. The van der Waals surface area contributed by atoms with Crippen LogP contribution in [0.25, 0.3) is 11.3 Å². The van der Waals surface area contributed by atoms with Gasteiger partial charge in [-0.1, -0.05) is 25.1 Å². The van der Waals surface area contributed by atoms with Crippen LogP contribution < -0.4 is 15.4 Å². The smallest absolute Gasteiger partial charge is 0.268 e. The molecule has 1 amide bonds. The second-order valence-corrected chi connectivity index (χ2v) is 10.9. The lowest BCUT2D eigenvalue weighted by Crippen LogP contribution is -2.43. The van der Waals surface area contributed by atoms with E-state index in [2.05, 4.69) is 35.4 Å². The number of benzene rings is 1. The number of nitrogens with one attached hydrogen (secondary N) is 1. The van der Waals surface area contributed by atoms with Gasteiger partial charge in [-0.05, 0) is 62.1 Å². The first-order valence-electron chi connectivity index (χ1n) is 11.3. The molecule has 10 heteroatoms. The second kappa shape index (κ2) is 9.27. The molecule has 184 valence electrons. The van der Waals surface area contributed by atoms with Crippen LogP contribution in [0, 0.1) is 5.92 Å². The molecule has 4 rings (SSSR count). The van der Waals surface area contributed by atoms with E-state index >= 15 is 0 Å². The summed E-state index contributed by atoms with van der Waals surface area (Å²) in [5.74, 6) is -0.264. The number of carbonyl (C=O) groups excluding carboxylic acids is 1. The average molecular weight is 496 g/mol. The van der Waals surface area contributed by atoms with Crippen molar-refractivity contribution in [3.8, 4) is 11.3 Å². The van der Waals surface area contributed by atoms with Gasteiger partial charge in [0.25, 0.3) is 15.9 Å². The summed E-state index contributed by atoms with van der Waals surface area (Å²) in [4.78, 5) is 23.7. The molecule has 0 saturated carbocycles. The van der Waals surface area contributed by atoms with Crippen molar-refractivity contribution in [1.29, 1.82) is 0 Å². The van der Waals surface area contributed by atoms with Gasteiger partial charge in [-0.15, -0.1) is 0 Å². The van der Waals surface area contributed by atoms with E-state index in [1.807, 2.05) is 24.3 Å². The van der Waals surface area contributed by atoms with Gasteiger partial charge < -0.3 is 15.7 Å². The normalized spacial score (nSPS) is 17.4. The predicted octanol–water partition coefficient (Wildman–Crippen LogP) is 2.96. The lowest BCUT2D eigenvalue weighted by Gasteiger charge is -2.36. The van der Waals surface area contributed by atoms with E-state index in [9.17, 15) is 18.3 Å². The Morgan fingerprint density at radius 1 is 1.23 bits per heavy atom. The number of hydrogen-bond donors (Lipinski definition) is 3. The van der Waals surface area contributed by atoms with Crippen molar-refractivity contribution in [1.82, 2.24) is 14.7 Å². The van der Waals surface area contributed by atoms with Gasteiger partial charge in [-0.3, -0.25) is 4.79 Å². The molecule has 1 unspecified atom stereocenters. The fourth-order valence-electron chi connectivity index (χ4n) is 4.29. The Morgan fingerprint density at radius 2 is 2.00 bits per heavy atom. The molecule has 0 spiro atoms. The maximum atomic E-state index is 13.3. The average Bonchev–Trinajstić information content (AvgIpc) is 3.10. The van der Waals surface area contributed by atoms with Crippen molar-refractivity contribution in [2.75, 3.05) is 17.2 Å². The molecule has 35 heavy (non-hydrogen) atoms. The van der Waals surface area contributed by atoms with Crippen LogP contribution in [-0.4, -0.2) is 41.5 Å². The molecule has 1 aliphatic heterocycles. The minimum atomic E-state index is -4.25. The van der Waals surface area contributed by atoms with Gasteiger partial charge >= 0.3 is 0 Å². The molecule has 1 aromatic carbocycles. The molecule has 1 aliphatic rings. The van der Waals surface area contributed by atoms with Gasteiger partial charge in [-0.25, -0.2) is 23.1 Å². The Morgan fingerprint density at radius 3 is 2.66 bits per heavy atom. The number of aromatic nitrogens is 2. The molecule has 0 aliphatic carbocycles. The number of rotatable bonds is 6. The Hall–Kier alpha value is -3.50. The Kier molecular flexibility index (Phi) is 6.52. The second-order valence-electron chi connectivity index (χ2n) is 9.24. The molecule has 1 atom stereocenters. The maximum absolute atomic E-state index is 13.3. The third kappa shape index (κ3) is 4.71. The van der Waals surface area contributed by atoms with Crippen LogP contribution in [0.4, 0.5) is 11.6 Å². The highest BCUT2D eigenvalue weighted by atomic mass is 32.2. The van der Waals surface area contributed by atoms with E-state index in [1.54, 1.807) is 12.1 Å². The van der Waals surface area contributed by atoms with E-state index in [-0.39, 0.29) is 28.4 Å².